The second kappa shape index (κ2) is 10.9. The van der Waals surface area contributed by atoms with Crippen molar-refractivity contribution >= 4 is 5.69 Å². The summed E-state index contributed by atoms with van der Waals surface area (Å²) >= 11 is 0. The third kappa shape index (κ3) is 7.36. The Labute approximate surface area is 142 Å². The Balaban J connectivity index is 1.42. The van der Waals surface area contributed by atoms with Crippen LogP contribution in [0, 0.1) is 0 Å². The van der Waals surface area contributed by atoms with Crippen LogP contribution >= 0.6 is 0 Å². The van der Waals surface area contributed by atoms with Crippen molar-refractivity contribution < 1.29 is 0 Å². The summed E-state index contributed by atoms with van der Waals surface area (Å²) in [6.45, 7) is 1.16. The van der Waals surface area contributed by atoms with Gasteiger partial charge < -0.3 is 4.90 Å². The fraction of sp³-hybridized carbons (Fsp3) is 0.455. The van der Waals surface area contributed by atoms with Gasteiger partial charge in [-0.1, -0.05) is 80.6 Å². The molecule has 1 nitrogen and oxygen atoms in total. The predicted molar refractivity (Wildman–Crippen MR) is 102 cm³/mol. The average Bonchev–Trinajstić information content (AvgIpc) is 2.61. The zero-order valence-corrected chi connectivity index (χ0v) is 14.6. The molecule has 0 fully saturated rings. The van der Waals surface area contributed by atoms with Crippen molar-refractivity contribution in [3.63, 3.8) is 0 Å². The van der Waals surface area contributed by atoms with Crippen LogP contribution in [0.25, 0.3) is 0 Å². The number of para-hydroxylation sites is 1. The van der Waals surface area contributed by atoms with Crippen molar-refractivity contribution in [1.29, 1.82) is 0 Å². The molecular weight excluding hydrogens is 278 g/mol. The van der Waals surface area contributed by atoms with Crippen molar-refractivity contribution in [1.82, 2.24) is 0 Å². The SMILES string of the molecule is CN(CCCCCCCCCc1ccccc1)c1ccccc1. The first-order chi connectivity index (χ1) is 11.4. The number of aryl methyl sites for hydroxylation is 1. The lowest BCUT2D eigenvalue weighted by atomic mass is 10.0. The molecule has 0 N–H and O–H groups in total. The predicted octanol–water partition coefficient (Wildman–Crippen LogP) is 6.10. The van der Waals surface area contributed by atoms with Crippen molar-refractivity contribution in [2.75, 3.05) is 18.5 Å². The number of anilines is 1. The van der Waals surface area contributed by atoms with Gasteiger partial charge in [0.05, 0.1) is 0 Å². The van der Waals surface area contributed by atoms with Crippen molar-refractivity contribution in [2.45, 2.75) is 51.4 Å². The highest BCUT2D eigenvalue weighted by molar-refractivity contribution is 5.44. The van der Waals surface area contributed by atoms with Gasteiger partial charge in [-0.15, -0.1) is 0 Å². The molecule has 0 saturated carbocycles. The molecule has 0 radical (unpaired) electrons. The Bertz CT molecular complexity index is 506. The lowest BCUT2D eigenvalue weighted by Gasteiger charge is -2.18. The monoisotopic (exact) mass is 309 g/mol. The Morgan fingerprint density at radius 3 is 1.78 bits per heavy atom. The Morgan fingerprint density at radius 1 is 0.609 bits per heavy atom. The highest BCUT2D eigenvalue weighted by Gasteiger charge is 1.99. The first kappa shape index (κ1) is 17.6. The zero-order valence-electron chi connectivity index (χ0n) is 14.6. The molecule has 23 heavy (non-hydrogen) atoms. The molecule has 1 heteroatoms. The third-order valence-corrected chi connectivity index (χ3v) is 4.50. The van der Waals surface area contributed by atoms with Crippen molar-refractivity contribution in [2.24, 2.45) is 0 Å². The molecule has 0 aliphatic carbocycles. The third-order valence-electron chi connectivity index (χ3n) is 4.50. The maximum atomic E-state index is 2.36. The number of hydrogen-bond acceptors (Lipinski definition) is 1. The summed E-state index contributed by atoms with van der Waals surface area (Å²) < 4.78 is 0. The van der Waals surface area contributed by atoms with Gasteiger partial charge in [-0.25, -0.2) is 0 Å². The molecule has 2 aromatic carbocycles. The minimum absolute atomic E-state index is 1.16. The molecule has 0 aromatic heterocycles. The summed E-state index contributed by atoms with van der Waals surface area (Å²) in [7, 11) is 2.19. The van der Waals surface area contributed by atoms with Crippen LogP contribution < -0.4 is 4.90 Å². The van der Waals surface area contributed by atoms with Gasteiger partial charge in [0, 0.05) is 19.3 Å². The Hall–Kier alpha value is -1.76. The Morgan fingerprint density at radius 2 is 1.13 bits per heavy atom. The average molecular weight is 309 g/mol. The van der Waals surface area contributed by atoms with Gasteiger partial charge in [-0.05, 0) is 37.0 Å². The molecule has 0 aliphatic heterocycles. The standard InChI is InChI=1S/C22H31N/c1-23(22-18-12-8-13-19-22)20-14-6-4-2-3-5-9-15-21-16-10-7-11-17-21/h7-8,10-13,16-19H,2-6,9,14-15,20H2,1H3. The first-order valence-corrected chi connectivity index (χ1v) is 9.16. The van der Waals surface area contributed by atoms with Gasteiger partial charge in [0.1, 0.15) is 0 Å². The highest BCUT2D eigenvalue weighted by atomic mass is 15.1. The van der Waals surface area contributed by atoms with Gasteiger partial charge in [0.2, 0.25) is 0 Å². The van der Waals surface area contributed by atoms with E-state index in [1.807, 2.05) is 0 Å². The quantitative estimate of drug-likeness (QED) is 0.453. The molecule has 0 amide bonds. The van der Waals surface area contributed by atoms with Gasteiger partial charge in [0.15, 0.2) is 0 Å². The van der Waals surface area contributed by atoms with E-state index >= 15 is 0 Å². The molecule has 0 spiro atoms. The molecule has 0 atom stereocenters. The lowest BCUT2D eigenvalue weighted by Crippen LogP contribution is -2.18. The smallest absolute Gasteiger partial charge is 0.0363 e. The lowest BCUT2D eigenvalue weighted by molar-refractivity contribution is 0.578. The minimum atomic E-state index is 1.16. The summed E-state index contributed by atoms with van der Waals surface area (Å²) in [5.41, 5.74) is 2.81. The van der Waals surface area contributed by atoms with E-state index < -0.39 is 0 Å². The molecule has 0 aliphatic rings. The Kier molecular flexibility index (Phi) is 8.32. The summed E-state index contributed by atoms with van der Waals surface area (Å²) in [6.07, 6.45) is 10.8. The summed E-state index contributed by atoms with van der Waals surface area (Å²) in [6, 6.07) is 21.5. The fourth-order valence-corrected chi connectivity index (χ4v) is 3.02. The van der Waals surface area contributed by atoms with Crippen molar-refractivity contribution in [3.8, 4) is 0 Å². The second-order valence-corrected chi connectivity index (χ2v) is 6.47. The molecule has 0 saturated heterocycles. The summed E-state index contributed by atoms with van der Waals surface area (Å²) in [4.78, 5) is 2.36. The van der Waals surface area contributed by atoms with Crippen LogP contribution in [0.4, 0.5) is 5.69 Å². The number of rotatable bonds is 11. The second-order valence-electron chi connectivity index (χ2n) is 6.47. The molecule has 2 rings (SSSR count). The zero-order chi connectivity index (χ0) is 16.2. The topological polar surface area (TPSA) is 3.24 Å². The van der Waals surface area contributed by atoms with Crippen LogP contribution in [0.5, 0.6) is 0 Å². The fourth-order valence-electron chi connectivity index (χ4n) is 3.02. The molecule has 2 aromatic rings. The van der Waals surface area contributed by atoms with Gasteiger partial charge in [-0.2, -0.15) is 0 Å². The van der Waals surface area contributed by atoms with Crippen LogP contribution in [0.3, 0.4) is 0 Å². The van der Waals surface area contributed by atoms with Crippen LogP contribution in [-0.2, 0) is 6.42 Å². The summed E-state index contributed by atoms with van der Waals surface area (Å²) in [5.74, 6) is 0. The van der Waals surface area contributed by atoms with E-state index in [9.17, 15) is 0 Å². The number of benzene rings is 2. The molecular formula is C22H31N. The molecule has 124 valence electrons. The summed E-state index contributed by atoms with van der Waals surface area (Å²) in [5, 5.41) is 0. The number of nitrogens with zero attached hydrogens (tertiary/aromatic N) is 1. The molecule has 0 unspecified atom stereocenters. The van der Waals surface area contributed by atoms with Crippen molar-refractivity contribution in [3.05, 3.63) is 66.2 Å². The maximum absolute atomic E-state index is 2.36. The van der Waals surface area contributed by atoms with Crippen LogP contribution in [-0.4, -0.2) is 13.6 Å². The number of hydrogen-bond donors (Lipinski definition) is 0. The van der Waals surface area contributed by atoms with E-state index in [0.29, 0.717) is 0 Å². The first-order valence-electron chi connectivity index (χ1n) is 9.16. The van der Waals surface area contributed by atoms with E-state index in [1.165, 1.54) is 62.6 Å². The van der Waals surface area contributed by atoms with Crippen LogP contribution in [0.1, 0.15) is 50.5 Å². The van der Waals surface area contributed by atoms with Crippen LogP contribution in [0.2, 0.25) is 0 Å². The minimum Gasteiger partial charge on any atom is -0.375 e. The maximum Gasteiger partial charge on any atom is 0.0363 e. The molecule has 0 heterocycles. The van der Waals surface area contributed by atoms with E-state index in [4.69, 9.17) is 0 Å². The highest BCUT2D eigenvalue weighted by Crippen LogP contribution is 2.14. The van der Waals surface area contributed by atoms with Gasteiger partial charge in [-0.3, -0.25) is 0 Å². The number of unbranched alkanes of at least 4 members (excludes halogenated alkanes) is 6. The van der Waals surface area contributed by atoms with E-state index in [-0.39, 0.29) is 0 Å². The van der Waals surface area contributed by atoms with Gasteiger partial charge in [0.25, 0.3) is 0 Å². The van der Waals surface area contributed by atoms with E-state index in [2.05, 4.69) is 72.6 Å². The molecule has 0 bridgehead atoms. The van der Waals surface area contributed by atoms with E-state index in [0.717, 1.165) is 6.54 Å². The van der Waals surface area contributed by atoms with Gasteiger partial charge >= 0.3 is 0 Å². The normalized spacial score (nSPS) is 10.7. The largest absolute Gasteiger partial charge is 0.375 e. The van der Waals surface area contributed by atoms with E-state index in [1.54, 1.807) is 0 Å². The van der Waals surface area contributed by atoms with Crippen LogP contribution in [0.15, 0.2) is 60.7 Å².